The van der Waals surface area contributed by atoms with E-state index in [4.69, 9.17) is 4.74 Å². The lowest BCUT2D eigenvalue weighted by Gasteiger charge is -2.45. The molecule has 1 N–H and O–H groups in total. The summed E-state index contributed by atoms with van der Waals surface area (Å²) in [7, 11) is 0. The Morgan fingerprint density at radius 3 is 2.68 bits per heavy atom. The molecule has 1 amide bonds. The number of carbonyl (C=O) groups is 1. The molecule has 2 aliphatic carbocycles. The van der Waals surface area contributed by atoms with Crippen molar-refractivity contribution in [2.24, 2.45) is 0 Å². The van der Waals surface area contributed by atoms with Crippen molar-refractivity contribution in [1.82, 2.24) is 4.90 Å². The molecule has 0 aromatic heterocycles. The standard InChI is InChI=1S/C18H23NO3/c20-14-7-9-18(10-8-14)11-12-19(17(21)22-18)16-6-5-13-3-1-2-4-15(13)16/h1-4,14,16,20H,5-12H2/t14?,16-,18?/m0/s1. The summed E-state index contributed by atoms with van der Waals surface area (Å²) in [4.78, 5) is 14.5. The third-order valence-electron chi connectivity index (χ3n) is 5.69. The molecule has 1 aromatic rings. The Morgan fingerprint density at radius 1 is 1.14 bits per heavy atom. The second-order valence-corrected chi connectivity index (χ2v) is 6.98. The van der Waals surface area contributed by atoms with Crippen molar-refractivity contribution in [1.29, 1.82) is 0 Å². The first-order valence-electron chi connectivity index (χ1n) is 8.42. The number of amides is 1. The van der Waals surface area contributed by atoms with E-state index in [0.717, 1.165) is 51.5 Å². The molecule has 22 heavy (non-hydrogen) atoms. The van der Waals surface area contributed by atoms with E-state index in [2.05, 4.69) is 24.3 Å². The first-order valence-corrected chi connectivity index (χ1v) is 8.42. The maximum absolute atomic E-state index is 12.6. The second-order valence-electron chi connectivity index (χ2n) is 6.98. The van der Waals surface area contributed by atoms with E-state index < -0.39 is 0 Å². The van der Waals surface area contributed by atoms with Crippen molar-refractivity contribution in [2.45, 2.75) is 62.7 Å². The number of fused-ring (bicyclic) bond motifs is 1. The maximum Gasteiger partial charge on any atom is 0.410 e. The lowest BCUT2D eigenvalue weighted by atomic mass is 9.80. The molecule has 1 aliphatic heterocycles. The Labute approximate surface area is 131 Å². The molecule has 1 atom stereocenters. The number of carbonyl (C=O) groups excluding carboxylic acids is 1. The van der Waals surface area contributed by atoms with E-state index >= 15 is 0 Å². The SMILES string of the molecule is O=C1OC2(CCC(O)CC2)CCN1[C@H]1CCc2ccccc21. The van der Waals surface area contributed by atoms with E-state index in [1.54, 1.807) is 0 Å². The van der Waals surface area contributed by atoms with E-state index in [0.29, 0.717) is 0 Å². The number of aryl methyl sites for hydroxylation is 1. The van der Waals surface area contributed by atoms with Crippen LogP contribution in [0, 0.1) is 0 Å². The highest BCUT2D eigenvalue weighted by Gasteiger charge is 2.45. The predicted octanol–water partition coefficient (Wildman–Crippen LogP) is 3.19. The fourth-order valence-electron chi connectivity index (χ4n) is 4.33. The molecule has 1 saturated carbocycles. The summed E-state index contributed by atoms with van der Waals surface area (Å²) in [5, 5.41) is 9.67. The lowest BCUT2D eigenvalue weighted by Crippen LogP contribution is -2.52. The Bertz CT molecular complexity index is 577. The quantitative estimate of drug-likeness (QED) is 0.866. The van der Waals surface area contributed by atoms with E-state index in [1.165, 1.54) is 11.1 Å². The molecule has 4 heteroatoms. The van der Waals surface area contributed by atoms with Crippen molar-refractivity contribution in [2.75, 3.05) is 6.54 Å². The van der Waals surface area contributed by atoms with Crippen LogP contribution in [0.2, 0.25) is 0 Å². The van der Waals surface area contributed by atoms with Gasteiger partial charge in [0, 0.05) is 13.0 Å². The lowest BCUT2D eigenvalue weighted by molar-refractivity contribution is -0.0917. The van der Waals surface area contributed by atoms with Crippen molar-refractivity contribution >= 4 is 6.09 Å². The smallest absolute Gasteiger partial charge is 0.410 e. The van der Waals surface area contributed by atoms with Crippen LogP contribution in [-0.2, 0) is 11.2 Å². The minimum atomic E-state index is -0.315. The molecule has 3 aliphatic rings. The molecular weight excluding hydrogens is 278 g/mol. The van der Waals surface area contributed by atoms with Gasteiger partial charge in [-0.2, -0.15) is 0 Å². The fraction of sp³-hybridized carbons (Fsp3) is 0.611. The zero-order chi connectivity index (χ0) is 15.2. The molecule has 118 valence electrons. The molecule has 1 saturated heterocycles. The minimum Gasteiger partial charge on any atom is -0.443 e. The van der Waals surface area contributed by atoms with Crippen LogP contribution >= 0.6 is 0 Å². The van der Waals surface area contributed by atoms with Crippen LogP contribution in [0.15, 0.2) is 24.3 Å². The molecule has 0 unspecified atom stereocenters. The monoisotopic (exact) mass is 301 g/mol. The molecule has 1 heterocycles. The molecule has 4 rings (SSSR count). The molecule has 4 nitrogen and oxygen atoms in total. The number of aliphatic hydroxyl groups excluding tert-OH is 1. The molecule has 0 bridgehead atoms. The summed E-state index contributed by atoms with van der Waals surface area (Å²) in [6, 6.07) is 8.60. The average Bonchev–Trinajstić information content (AvgIpc) is 2.95. The number of hydrogen-bond acceptors (Lipinski definition) is 3. The number of aliphatic hydroxyl groups is 1. The van der Waals surface area contributed by atoms with E-state index in [-0.39, 0.29) is 23.8 Å². The number of ether oxygens (including phenoxy) is 1. The molecule has 1 spiro atoms. The molecule has 0 radical (unpaired) electrons. The minimum absolute atomic E-state index is 0.163. The van der Waals surface area contributed by atoms with Gasteiger partial charge in [0.05, 0.1) is 12.1 Å². The number of rotatable bonds is 1. The van der Waals surface area contributed by atoms with Crippen molar-refractivity contribution in [3.8, 4) is 0 Å². The van der Waals surface area contributed by atoms with Gasteiger partial charge >= 0.3 is 6.09 Å². The van der Waals surface area contributed by atoms with Crippen LogP contribution in [0.1, 0.15) is 55.7 Å². The Morgan fingerprint density at radius 2 is 1.91 bits per heavy atom. The predicted molar refractivity (Wildman–Crippen MR) is 82.5 cm³/mol. The number of hydrogen-bond donors (Lipinski definition) is 1. The van der Waals surface area contributed by atoms with Gasteiger partial charge in [0.15, 0.2) is 0 Å². The highest BCUT2D eigenvalue weighted by Crippen LogP contribution is 2.42. The van der Waals surface area contributed by atoms with Gasteiger partial charge in [0.25, 0.3) is 0 Å². The zero-order valence-electron chi connectivity index (χ0n) is 12.8. The largest absolute Gasteiger partial charge is 0.443 e. The van der Waals surface area contributed by atoms with E-state index in [1.807, 2.05) is 4.90 Å². The van der Waals surface area contributed by atoms with Crippen LogP contribution in [0.4, 0.5) is 4.79 Å². The Hall–Kier alpha value is -1.55. The van der Waals surface area contributed by atoms with Gasteiger partial charge in [-0.25, -0.2) is 4.79 Å². The third-order valence-corrected chi connectivity index (χ3v) is 5.69. The highest BCUT2D eigenvalue weighted by molar-refractivity contribution is 5.70. The number of nitrogens with zero attached hydrogens (tertiary/aromatic N) is 1. The summed E-state index contributed by atoms with van der Waals surface area (Å²) in [6.45, 7) is 0.772. The fourth-order valence-corrected chi connectivity index (χ4v) is 4.33. The van der Waals surface area contributed by atoms with Crippen LogP contribution in [0.3, 0.4) is 0 Å². The van der Waals surface area contributed by atoms with Crippen molar-refractivity contribution in [3.05, 3.63) is 35.4 Å². The van der Waals surface area contributed by atoms with Gasteiger partial charge in [0.2, 0.25) is 0 Å². The summed E-state index contributed by atoms with van der Waals surface area (Å²) < 4.78 is 5.88. The van der Waals surface area contributed by atoms with Gasteiger partial charge in [-0.15, -0.1) is 0 Å². The third kappa shape index (κ3) is 2.30. The zero-order valence-corrected chi connectivity index (χ0v) is 12.8. The van der Waals surface area contributed by atoms with Crippen molar-refractivity contribution < 1.29 is 14.6 Å². The van der Waals surface area contributed by atoms with Crippen LogP contribution in [0.25, 0.3) is 0 Å². The summed E-state index contributed by atoms with van der Waals surface area (Å²) >= 11 is 0. The van der Waals surface area contributed by atoms with Crippen LogP contribution < -0.4 is 0 Å². The van der Waals surface area contributed by atoms with Gasteiger partial charge in [-0.3, -0.25) is 0 Å². The molecular formula is C18H23NO3. The van der Waals surface area contributed by atoms with E-state index in [9.17, 15) is 9.90 Å². The first-order chi connectivity index (χ1) is 10.7. The van der Waals surface area contributed by atoms with Gasteiger partial charge in [0.1, 0.15) is 5.60 Å². The molecule has 2 fully saturated rings. The second kappa shape index (κ2) is 5.27. The first kappa shape index (κ1) is 14.1. The van der Waals surface area contributed by atoms with Gasteiger partial charge in [-0.05, 0) is 49.7 Å². The average molecular weight is 301 g/mol. The Balaban J connectivity index is 1.49. The number of benzene rings is 1. The van der Waals surface area contributed by atoms with Crippen LogP contribution in [0.5, 0.6) is 0 Å². The topological polar surface area (TPSA) is 49.8 Å². The summed E-state index contributed by atoms with van der Waals surface area (Å²) in [6.07, 6.45) is 5.66. The highest BCUT2D eigenvalue weighted by atomic mass is 16.6. The van der Waals surface area contributed by atoms with Gasteiger partial charge < -0.3 is 14.7 Å². The normalized spacial score (nSPS) is 34.6. The molecule has 1 aromatic carbocycles. The maximum atomic E-state index is 12.6. The summed E-state index contributed by atoms with van der Waals surface area (Å²) in [5.41, 5.74) is 2.33. The van der Waals surface area contributed by atoms with Crippen molar-refractivity contribution in [3.63, 3.8) is 0 Å². The summed E-state index contributed by atoms with van der Waals surface area (Å²) in [5.74, 6) is 0. The van der Waals surface area contributed by atoms with Gasteiger partial charge in [-0.1, -0.05) is 24.3 Å². The Kier molecular flexibility index (Phi) is 3.37. The van der Waals surface area contributed by atoms with Crippen LogP contribution in [-0.4, -0.2) is 34.3 Å².